The van der Waals surface area contributed by atoms with Crippen LogP contribution in [0.2, 0.25) is 0 Å². The highest BCUT2D eigenvalue weighted by Crippen LogP contribution is 2.69. The first kappa shape index (κ1) is 14.3. The van der Waals surface area contributed by atoms with E-state index in [2.05, 4.69) is 5.32 Å². The van der Waals surface area contributed by atoms with Gasteiger partial charge in [0, 0.05) is 12.3 Å². The van der Waals surface area contributed by atoms with E-state index in [1.807, 2.05) is 37.3 Å². The summed E-state index contributed by atoms with van der Waals surface area (Å²) in [5.41, 5.74) is 1.11. The van der Waals surface area contributed by atoms with Crippen molar-refractivity contribution in [1.29, 1.82) is 0 Å². The highest BCUT2D eigenvalue weighted by atomic mass is 16.3. The summed E-state index contributed by atoms with van der Waals surface area (Å²) in [7, 11) is 0. The number of carbonyl (C=O) groups excluding carboxylic acids is 1. The maximum Gasteiger partial charge on any atom is 0.224 e. The molecule has 3 saturated carbocycles. The van der Waals surface area contributed by atoms with Gasteiger partial charge in [-0.1, -0.05) is 30.3 Å². The smallest absolute Gasteiger partial charge is 0.224 e. The van der Waals surface area contributed by atoms with Gasteiger partial charge in [0.05, 0.1) is 12.1 Å². The van der Waals surface area contributed by atoms with Crippen LogP contribution in [-0.2, 0) is 11.2 Å². The van der Waals surface area contributed by atoms with Crippen molar-refractivity contribution in [3.8, 4) is 0 Å². The number of aliphatic hydroxyl groups excluding tert-OH is 1. The largest absolute Gasteiger partial charge is 0.391 e. The first-order valence-corrected chi connectivity index (χ1v) is 8.67. The van der Waals surface area contributed by atoms with Crippen LogP contribution in [0, 0.1) is 29.6 Å². The standard InChI is InChI=1S/C19H25NO2/c1-11(15(21)9-12-5-3-2-4-6-12)20-19(22)18-16-13-7-8-14(10-13)17(16)18/h2-6,11,13-18,21H,7-10H2,1H3,(H,20,22). The Hall–Kier alpha value is -1.35. The summed E-state index contributed by atoms with van der Waals surface area (Å²) in [4.78, 5) is 12.5. The number of hydrogen-bond donors (Lipinski definition) is 2. The number of aliphatic hydroxyl groups is 1. The Morgan fingerprint density at radius 1 is 1.23 bits per heavy atom. The van der Waals surface area contributed by atoms with Crippen molar-refractivity contribution in [2.24, 2.45) is 29.6 Å². The summed E-state index contributed by atoms with van der Waals surface area (Å²) in [5, 5.41) is 13.4. The second-order valence-corrected chi connectivity index (χ2v) is 7.57. The molecule has 118 valence electrons. The Morgan fingerprint density at radius 2 is 1.86 bits per heavy atom. The lowest BCUT2D eigenvalue weighted by molar-refractivity contribution is -0.124. The predicted molar refractivity (Wildman–Crippen MR) is 85.1 cm³/mol. The highest BCUT2D eigenvalue weighted by molar-refractivity contribution is 5.83. The van der Waals surface area contributed by atoms with Crippen molar-refractivity contribution in [3.63, 3.8) is 0 Å². The number of hydrogen-bond acceptors (Lipinski definition) is 2. The third kappa shape index (κ3) is 2.36. The van der Waals surface area contributed by atoms with E-state index in [9.17, 15) is 9.90 Å². The highest BCUT2D eigenvalue weighted by Gasteiger charge is 2.67. The Balaban J connectivity index is 1.31. The van der Waals surface area contributed by atoms with E-state index >= 15 is 0 Å². The van der Waals surface area contributed by atoms with Gasteiger partial charge in [-0.05, 0) is 55.4 Å². The molecule has 0 spiro atoms. The molecule has 6 atom stereocenters. The van der Waals surface area contributed by atoms with Crippen LogP contribution < -0.4 is 5.32 Å². The van der Waals surface area contributed by atoms with Crippen molar-refractivity contribution >= 4 is 5.91 Å². The molecule has 0 radical (unpaired) electrons. The van der Waals surface area contributed by atoms with Crippen LogP contribution in [0.3, 0.4) is 0 Å². The van der Waals surface area contributed by atoms with Gasteiger partial charge in [-0.15, -0.1) is 0 Å². The molecule has 3 fully saturated rings. The molecule has 0 saturated heterocycles. The molecule has 1 aromatic rings. The van der Waals surface area contributed by atoms with Crippen molar-refractivity contribution < 1.29 is 9.90 Å². The predicted octanol–water partition coefficient (Wildman–Crippen LogP) is 2.39. The van der Waals surface area contributed by atoms with Gasteiger partial charge in [0.25, 0.3) is 0 Å². The first-order chi connectivity index (χ1) is 10.6. The van der Waals surface area contributed by atoms with Gasteiger partial charge in [-0.2, -0.15) is 0 Å². The zero-order valence-corrected chi connectivity index (χ0v) is 13.1. The van der Waals surface area contributed by atoms with Crippen molar-refractivity contribution in [1.82, 2.24) is 5.32 Å². The van der Waals surface area contributed by atoms with Crippen molar-refractivity contribution in [3.05, 3.63) is 35.9 Å². The van der Waals surface area contributed by atoms with Gasteiger partial charge < -0.3 is 10.4 Å². The van der Waals surface area contributed by atoms with Crippen LogP contribution in [0.4, 0.5) is 0 Å². The van der Waals surface area contributed by atoms with Crippen molar-refractivity contribution in [2.75, 3.05) is 0 Å². The molecule has 4 rings (SSSR count). The summed E-state index contributed by atoms with van der Waals surface area (Å²) in [6, 6.07) is 9.77. The van der Waals surface area contributed by atoms with Gasteiger partial charge in [0.2, 0.25) is 5.91 Å². The molecule has 2 N–H and O–H groups in total. The number of fused-ring (bicyclic) bond motifs is 5. The van der Waals surface area contributed by atoms with Gasteiger partial charge in [-0.25, -0.2) is 0 Å². The van der Waals surface area contributed by atoms with E-state index in [0.29, 0.717) is 18.3 Å². The molecule has 6 unspecified atom stereocenters. The van der Waals surface area contributed by atoms with Gasteiger partial charge >= 0.3 is 0 Å². The number of benzene rings is 1. The quantitative estimate of drug-likeness (QED) is 0.877. The summed E-state index contributed by atoms with van der Waals surface area (Å²) in [6.45, 7) is 1.91. The summed E-state index contributed by atoms with van der Waals surface area (Å²) in [5.74, 6) is 3.39. The fourth-order valence-corrected chi connectivity index (χ4v) is 5.12. The minimum atomic E-state index is -0.526. The molecule has 3 aliphatic rings. The molecule has 2 bridgehead atoms. The zero-order valence-electron chi connectivity index (χ0n) is 13.1. The molecule has 3 heteroatoms. The van der Waals surface area contributed by atoms with E-state index in [1.54, 1.807) is 0 Å². The minimum Gasteiger partial charge on any atom is -0.391 e. The lowest BCUT2D eigenvalue weighted by atomic mass is 10.0. The summed E-state index contributed by atoms with van der Waals surface area (Å²) < 4.78 is 0. The second kappa shape index (κ2) is 5.38. The molecule has 3 aliphatic carbocycles. The molecule has 1 aromatic carbocycles. The molecular weight excluding hydrogens is 274 g/mol. The maximum atomic E-state index is 12.5. The molecule has 0 heterocycles. The Morgan fingerprint density at radius 3 is 2.50 bits per heavy atom. The first-order valence-electron chi connectivity index (χ1n) is 8.67. The van der Waals surface area contributed by atoms with Crippen molar-refractivity contribution in [2.45, 2.75) is 44.8 Å². The molecule has 1 amide bonds. The van der Waals surface area contributed by atoms with Gasteiger partial charge in [0.1, 0.15) is 0 Å². The summed E-state index contributed by atoms with van der Waals surface area (Å²) in [6.07, 6.45) is 4.10. The number of nitrogens with one attached hydrogen (secondary N) is 1. The second-order valence-electron chi connectivity index (χ2n) is 7.57. The van der Waals surface area contributed by atoms with E-state index < -0.39 is 6.10 Å². The van der Waals surface area contributed by atoms with Gasteiger partial charge in [0.15, 0.2) is 0 Å². The fourth-order valence-electron chi connectivity index (χ4n) is 5.12. The van der Waals surface area contributed by atoms with Crippen LogP contribution in [0.1, 0.15) is 31.7 Å². The lowest BCUT2D eigenvalue weighted by Gasteiger charge is -2.21. The Bertz CT molecular complexity index is 542. The minimum absolute atomic E-state index is 0.186. The van der Waals surface area contributed by atoms with Gasteiger partial charge in [-0.3, -0.25) is 4.79 Å². The van der Waals surface area contributed by atoms with Crippen LogP contribution in [0.15, 0.2) is 30.3 Å². The maximum absolute atomic E-state index is 12.5. The molecular formula is C19H25NO2. The number of carbonyl (C=O) groups is 1. The third-order valence-corrected chi connectivity index (χ3v) is 6.27. The Kier molecular flexibility index (Phi) is 3.48. The Labute approximate surface area is 132 Å². The number of amides is 1. The normalized spacial score (nSPS) is 37.5. The third-order valence-electron chi connectivity index (χ3n) is 6.27. The average molecular weight is 299 g/mol. The molecule has 3 nitrogen and oxygen atoms in total. The van der Waals surface area contributed by atoms with E-state index in [-0.39, 0.29) is 17.9 Å². The molecule has 0 aromatic heterocycles. The van der Waals surface area contributed by atoms with Crippen LogP contribution in [-0.4, -0.2) is 23.2 Å². The van der Waals surface area contributed by atoms with E-state index in [1.165, 1.54) is 19.3 Å². The van der Waals surface area contributed by atoms with Crippen LogP contribution in [0.25, 0.3) is 0 Å². The number of rotatable bonds is 5. The average Bonchev–Trinajstić information content (AvgIpc) is 2.97. The lowest BCUT2D eigenvalue weighted by Crippen LogP contribution is -2.43. The molecule has 22 heavy (non-hydrogen) atoms. The topological polar surface area (TPSA) is 49.3 Å². The van der Waals surface area contributed by atoms with E-state index in [0.717, 1.165) is 17.4 Å². The monoisotopic (exact) mass is 299 g/mol. The van der Waals surface area contributed by atoms with Crippen LogP contribution >= 0.6 is 0 Å². The SMILES string of the molecule is CC(NC(=O)C1C2C3CCC(C3)C12)C(O)Cc1ccccc1. The zero-order chi connectivity index (χ0) is 15.3. The fraction of sp³-hybridized carbons (Fsp3) is 0.632. The van der Waals surface area contributed by atoms with Crippen LogP contribution in [0.5, 0.6) is 0 Å². The van der Waals surface area contributed by atoms with E-state index in [4.69, 9.17) is 0 Å². The summed E-state index contributed by atoms with van der Waals surface area (Å²) >= 11 is 0. The molecule has 0 aliphatic heterocycles.